The van der Waals surface area contributed by atoms with E-state index in [4.69, 9.17) is 0 Å². The van der Waals surface area contributed by atoms with E-state index in [1.807, 2.05) is 30.3 Å². The molecule has 1 atom stereocenters. The quantitative estimate of drug-likeness (QED) is 0.536. The summed E-state index contributed by atoms with van der Waals surface area (Å²) in [5.41, 5.74) is 3.29. The molecular formula is C20H23N3O3S2. The number of anilines is 1. The van der Waals surface area contributed by atoms with Gasteiger partial charge in [0, 0.05) is 19.0 Å². The number of rotatable bonds is 5. The molecule has 3 aromatic rings. The van der Waals surface area contributed by atoms with Gasteiger partial charge in [-0.15, -0.1) is 0 Å². The lowest BCUT2D eigenvalue weighted by Gasteiger charge is -2.21. The van der Waals surface area contributed by atoms with Gasteiger partial charge in [-0.05, 0) is 55.7 Å². The van der Waals surface area contributed by atoms with Gasteiger partial charge in [0.2, 0.25) is 5.91 Å². The molecule has 0 aliphatic heterocycles. The molecule has 0 spiro atoms. The molecule has 148 valence electrons. The lowest BCUT2D eigenvalue weighted by atomic mass is 10.0. The van der Waals surface area contributed by atoms with Crippen LogP contribution in [0.5, 0.6) is 0 Å². The van der Waals surface area contributed by atoms with E-state index < -0.39 is 11.1 Å². The molecule has 1 aromatic heterocycles. The minimum Gasteiger partial charge on any atom is -0.308 e. The monoisotopic (exact) mass is 417 g/mol. The van der Waals surface area contributed by atoms with Crippen molar-refractivity contribution >= 4 is 43.7 Å². The van der Waals surface area contributed by atoms with Crippen molar-refractivity contribution in [2.75, 3.05) is 5.32 Å². The number of fused-ring (bicyclic) bond motifs is 1. The Morgan fingerprint density at radius 1 is 1.18 bits per heavy atom. The van der Waals surface area contributed by atoms with Gasteiger partial charge in [-0.25, -0.2) is 9.19 Å². The van der Waals surface area contributed by atoms with Gasteiger partial charge in [0.1, 0.15) is 0 Å². The summed E-state index contributed by atoms with van der Waals surface area (Å²) < 4.78 is 22.6. The van der Waals surface area contributed by atoms with Crippen LogP contribution in [-0.2, 0) is 22.4 Å². The Balaban J connectivity index is 1.95. The maximum absolute atomic E-state index is 11.9. The van der Waals surface area contributed by atoms with Crippen molar-refractivity contribution in [3.8, 4) is 11.1 Å². The first-order valence-corrected chi connectivity index (χ1v) is 10.7. The molecule has 0 radical (unpaired) electrons. The number of carbonyl (C=O) groups excluding carboxylic acids is 1. The van der Waals surface area contributed by atoms with E-state index >= 15 is 0 Å². The molecule has 0 saturated carbocycles. The van der Waals surface area contributed by atoms with Crippen LogP contribution in [0, 0.1) is 0 Å². The van der Waals surface area contributed by atoms with Crippen LogP contribution in [0.25, 0.3) is 21.3 Å². The molecule has 3 N–H and O–H groups in total. The van der Waals surface area contributed by atoms with E-state index in [2.05, 4.69) is 36.4 Å². The van der Waals surface area contributed by atoms with E-state index in [1.165, 1.54) is 18.3 Å². The first-order chi connectivity index (χ1) is 13.1. The van der Waals surface area contributed by atoms with E-state index in [0.29, 0.717) is 16.6 Å². The molecule has 6 nitrogen and oxygen atoms in total. The Morgan fingerprint density at radius 3 is 2.50 bits per heavy atom. The van der Waals surface area contributed by atoms with Crippen molar-refractivity contribution in [3.05, 3.63) is 42.0 Å². The Hall–Kier alpha value is -2.13. The zero-order valence-electron chi connectivity index (χ0n) is 16.2. The number of benzene rings is 2. The molecule has 3 rings (SSSR count). The fourth-order valence-electron chi connectivity index (χ4n) is 2.71. The van der Waals surface area contributed by atoms with Gasteiger partial charge in [-0.2, -0.15) is 0 Å². The lowest BCUT2D eigenvalue weighted by Crippen LogP contribution is -2.35. The zero-order valence-corrected chi connectivity index (χ0v) is 17.8. The molecule has 1 unspecified atom stereocenters. The summed E-state index contributed by atoms with van der Waals surface area (Å²) in [7, 11) is 0. The summed E-state index contributed by atoms with van der Waals surface area (Å²) in [4.78, 5) is 16.0. The van der Waals surface area contributed by atoms with Gasteiger partial charge in [0.15, 0.2) is 16.2 Å². The van der Waals surface area contributed by atoms with Crippen LogP contribution in [0.1, 0.15) is 33.3 Å². The first kappa shape index (κ1) is 20.6. The third-order valence-corrected chi connectivity index (χ3v) is 5.76. The fraction of sp³-hybridized carbons (Fsp3) is 0.300. The smallest absolute Gasteiger partial charge is 0.223 e. The number of amides is 1. The highest BCUT2D eigenvalue weighted by molar-refractivity contribution is 7.79. The van der Waals surface area contributed by atoms with Gasteiger partial charge in [0.05, 0.1) is 15.1 Å². The van der Waals surface area contributed by atoms with Crippen molar-refractivity contribution in [1.82, 2.24) is 10.3 Å². The van der Waals surface area contributed by atoms with Crippen molar-refractivity contribution < 1.29 is 13.6 Å². The normalized spacial score (nSPS) is 12.9. The second kappa shape index (κ2) is 8.08. The number of carbonyl (C=O) groups is 1. The average Bonchev–Trinajstić information content (AvgIpc) is 2.99. The predicted molar refractivity (Wildman–Crippen MR) is 115 cm³/mol. The van der Waals surface area contributed by atoms with Gasteiger partial charge in [-0.3, -0.25) is 4.79 Å². The molecular weight excluding hydrogens is 394 g/mol. The SMILES string of the molecule is CC(=O)Nc1nc2ccc(-c3ccc(CNC(C)(C)C)c(S(=O)O)c3)cc2s1. The van der Waals surface area contributed by atoms with Gasteiger partial charge < -0.3 is 15.2 Å². The molecule has 0 bridgehead atoms. The summed E-state index contributed by atoms with van der Waals surface area (Å²) >= 11 is -0.683. The molecule has 28 heavy (non-hydrogen) atoms. The van der Waals surface area contributed by atoms with Gasteiger partial charge in [0.25, 0.3) is 0 Å². The summed E-state index contributed by atoms with van der Waals surface area (Å²) in [6.45, 7) is 8.12. The highest BCUT2D eigenvalue weighted by Gasteiger charge is 2.15. The number of nitrogens with zero attached hydrogens (tertiary/aromatic N) is 1. The molecule has 0 aliphatic rings. The van der Waals surface area contributed by atoms with Crippen molar-refractivity contribution in [3.63, 3.8) is 0 Å². The maximum Gasteiger partial charge on any atom is 0.223 e. The predicted octanol–water partition coefficient (Wildman–Crippen LogP) is 4.39. The lowest BCUT2D eigenvalue weighted by molar-refractivity contribution is -0.114. The van der Waals surface area contributed by atoms with Crippen LogP contribution < -0.4 is 10.6 Å². The maximum atomic E-state index is 11.9. The topological polar surface area (TPSA) is 91.3 Å². The van der Waals surface area contributed by atoms with E-state index in [0.717, 1.165) is 26.9 Å². The number of aromatic nitrogens is 1. The molecule has 1 amide bonds. The Kier molecular flexibility index (Phi) is 5.95. The molecule has 8 heteroatoms. The summed E-state index contributed by atoms with van der Waals surface area (Å²) in [5, 5.41) is 6.60. The van der Waals surface area contributed by atoms with Crippen LogP contribution in [0.15, 0.2) is 41.3 Å². The Bertz CT molecular complexity index is 1050. The highest BCUT2D eigenvalue weighted by Crippen LogP contribution is 2.32. The molecule has 1 heterocycles. The van der Waals surface area contributed by atoms with Gasteiger partial charge in [-0.1, -0.05) is 29.5 Å². The van der Waals surface area contributed by atoms with Crippen molar-refractivity contribution in [2.24, 2.45) is 0 Å². The molecule has 2 aromatic carbocycles. The van der Waals surface area contributed by atoms with Crippen molar-refractivity contribution in [1.29, 1.82) is 0 Å². The van der Waals surface area contributed by atoms with E-state index in [1.54, 1.807) is 6.07 Å². The van der Waals surface area contributed by atoms with Crippen LogP contribution in [0.3, 0.4) is 0 Å². The largest absolute Gasteiger partial charge is 0.308 e. The van der Waals surface area contributed by atoms with Crippen LogP contribution in [-0.4, -0.2) is 25.2 Å². The first-order valence-electron chi connectivity index (χ1n) is 8.80. The zero-order chi connectivity index (χ0) is 20.5. The van der Waals surface area contributed by atoms with E-state index in [9.17, 15) is 13.6 Å². The summed E-state index contributed by atoms with van der Waals surface area (Å²) in [5.74, 6) is -0.159. The summed E-state index contributed by atoms with van der Waals surface area (Å²) in [6.07, 6.45) is 0. The number of nitrogens with one attached hydrogen (secondary N) is 2. The van der Waals surface area contributed by atoms with Crippen LogP contribution in [0.2, 0.25) is 0 Å². The minimum absolute atomic E-state index is 0.0876. The molecule has 0 fully saturated rings. The highest BCUT2D eigenvalue weighted by atomic mass is 32.2. The average molecular weight is 418 g/mol. The Morgan fingerprint density at radius 2 is 1.86 bits per heavy atom. The van der Waals surface area contributed by atoms with Gasteiger partial charge >= 0.3 is 0 Å². The third-order valence-electron chi connectivity index (χ3n) is 4.07. The fourth-order valence-corrected chi connectivity index (χ4v) is 4.25. The standard InChI is InChI=1S/C20H23N3O3S2/c1-12(24)22-19-23-16-8-7-13(9-17(16)27-19)14-5-6-15(11-21-20(2,3)4)18(10-14)28(25)26/h5-10,21H,11H2,1-4H3,(H,25,26)(H,22,23,24). The summed E-state index contributed by atoms with van der Waals surface area (Å²) in [6, 6.07) is 11.4. The number of thiazole rings is 1. The molecule has 0 aliphatic carbocycles. The number of hydrogen-bond acceptors (Lipinski definition) is 5. The Labute approximate surface area is 170 Å². The number of hydrogen-bond donors (Lipinski definition) is 3. The third kappa shape index (κ3) is 5.02. The second-order valence-corrected chi connectivity index (χ2v) is 9.53. The van der Waals surface area contributed by atoms with Crippen molar-refractivity contribution in [2.45, 2.75) is 44.7 Å². The van der Waals surface area contributed by atoms with Crippen LogP contribution >= 0.6 is 11.3 Å². The minimum atomic E-state index is -2.08. The second-order valence-electron chi connectivity index (χ2n) is 7.56. The van der Waals surface area contributed by atoms with E-state index in [-0.39, 0.29) is 11.4 Å². The van der Waals surface area contributed by atoms with Crippen LogP contribution in [0.4, 0.5) is 5.13 Å². The molecule has 0 saturated heterocycles.